The Labute approximate surface area is 214 Å². The third kappa shape index (κ3) is 5.87. The van der Waals surface area contributed by atoms with E-state index in [2.05, 4.69) is 6.92 Å². The molecule has 1 saturated carbocycles. The maximum atomic E-state index is 13.3. The minimum Gasteiger partial charge on any atom is -0.493 e. The van der Waals surface area contributed by atoms with Crippen LogP contribution in [0.25, 0.3) is 0 Å². The van der Waals surface area contributed by atoms with Crippen molar-refractivity contribution < 1.29 is 28.6 Å². The number of carbonyl (C=O) groups is 3. The van der Waals surface area contributed by atoms with Gasteiger partial charge in [-0.25, -0.2) is 9.59 Å². The Balaban J connectivity index is 1.44. The van der Waals surface area contributed by atoms with Crippen molar-refractivity contribution >= 4 is 17.8 Å². The topological polar surface area (TPSA) is 82.1 Å². The van der Waals surface area contributed by atoms with E-state index in [1.165, 1.54) is 30.6 Å². The van der Waals surface area contributed by atoms with Gasteiger partial charge in [0.15, 0.2) is 6.61 Å². The molecule has 4 rings (SSSR count). The molecule has 1 saturated heterocycles. The predicted molar refractivity (Wildman–Crippen MR) is 136 cm³/mol. The molecule has 3 aliphatic rings. The zero-order chi connectivity index (χ0) is 25.9. The van der Waals surface area contributed by atoms with Crippen LogP contribution in [-0.4, -0.2) is 54.1 Å². The van der Waals surface area contributed by atoms with Crippen molar-refractivity contribution in [2.24, 2.45) is 5.41 Å². The number of benzene rings is 1. The lowest BCUT2D eigenvalue weighted by Crippen LogP contribution is -2.44. The number of ketones is 1. The lowest BCUT2D eigenvalue weighted by atomic mass is 9.83. The second-order valence-corrected chi connectivity index (χ2v) is 11.7. The van der Waals surface area contributed by atoms with Crippen molar-refractivity contribution in [1.29, 1.82) is 0 Å². The molecular weight excluding hydrogens is 458 g/mol. The molecule has 1 amide bonds. The largest absolute Gasteiger partial charge is 0.493 e. The standard InChI is InChI=1S/C29H41NO6/c1-5-6-16-34-25-12-11-20(21-17-29(18-22(21)25)13-7-8-14-29)24(31)19-35-26(32)23-10-9-15-30(23)27(33)36-28(2,3)4/h11-12,23H,5-10,13-19H2,1-4H3/t23-/m0/s1. The third-order valence-electron chi connectivity index (χ3n) is 7.71. The van der Waals surface area contributed by atoms with Crippen molar-refractivity contribution in [2.45, 2.75) is 104 Å². The van der Waals surface area contributed by atoms with E-state index < -0.39 is 23.7 Å². The molecule has 0 aromatic heterocycles. The van der Waals surface area contributed by atoms with Gasteiger partial charge < -0.3 is 14.2 Å². The van der Waals surface area contributed by atoms with E-state index >= 15 is 0 Å². The zero-order valence-electron chi connectivity index (χ0n) is 22.3. The van der Waals surface area contributed by atoms with Gasteiger partial charge in [0, 0.05) is 12.1 Å². The number of unbranched alkanes of at least 4 members (excludes halogenated alkanes) is 1. The van der Waals surface area contributed by atoms with Crippen LogP contribution in [0.2, 0.25) is 0 Å². The first-order valence-corrected chi connectivity index (χ1v) is 13.6. The molecule has 36 heavy (non-hydrogen) atoms. The lowest BCUT2D eigenvalue weighted by molar-refractivity contribution is -0.147. The quantitative estimate of drug-likeness (QED) is 0.261. The minimum atomic E-state index is -0.713. The predicted octanol–water partition coefficient (Wildman–Crippen LogP) is 5.65. The average Bonchev–Trinajstić information content (AvgIpc) is 3.56. The van der Waals surface area contributed by atoms with Gasteiger partial charge in [-0.2, -0.15) is 0 Å². The lowest BCUT2D eigenvalue weighted by Gasteiger charge is -2.27. The fourth-order valence-electron chi connectivity index (χ4n) is 5.94. The summed E-state index contributed by atoms with van der Waals surface area (Å²) in [4.78, 5) is 40.1. The Kier molecular flexibility index (Phi) is 7.96. The van der Waals surface area contributed by atoms with Crippen LogP contribution in [-0.2, 0) is 27.1 Å². The fourth-order valence-corrected chi connectivity index (χ4v) is 5.94. The van der Waals surface area contributed by atoms with E-state index in [-0.39, 0.29) is 17.8 Å². The monoisotopic (exact) mass is 499 g/mol. The number of fused-ring (bicyclic) bond motifs is 1. The van der Waals surface area contributed by atoms with Crippen LogP contribution in [0, 0.1) is 5.41 Å². The number of esters is 1. The van der Waals surface area contributed by atoms with Crippen LogP contribution < -0.4 is 4.74 Å². The molecular formula is C29H41NO6. The van der Waals surface area contributed by atoms with Gasteiger partial charge in [-0.1, -0.05) is 26.2 Å². The Morgan fingerprint density at radius 3 is 2.47 bits per heavy atom. The molecule has 7 heteroatoms. The summed E-state index contributed by atoms with van der Waals surface area (Å²) in [7, 11) is 0. The number of ether oxygens (including phenoxy) is 3. The number of nitrogens with zero attached hydrogens (tertiary/aromatic N) is 1. The molecule has 1 spiro atoms. The summed E-state index contributed by atoms with van der Waals surface area (Å²) in [6, 6.07) is 3.04. The van der Waals surface area contributed by atoms with E-state index in [1.54, 1.807) is 20.8 Å². The summed E-state index contributed by atoms with van der Waals surface area (Å²) in [5.41, 5.74) is 2.46. The highest BCUT2D eigenvalue weighted by Gasteiger charge is 2.43. The van der Waals surface area contributed by atoms with Crippen molar-refractivity contribution in [3.8, 4) is 5.75 Å². The number of hydrogen-bond donors (Lipinski definition) is 0. The van der Waals surface area contributed by atoms with Gasteiger partial charge >= 0.3 is 12.1 Å². The van der Waals surface area contributed by atoms with Crippen LogP contribution >= 0.6 is 0 Å². The summed E-state index contributed by atoms with van der Waals surface area (Å²) in [5.74, 6) is 0.154. The number of amides is 1. The van der Waals surface area contributed by atoms with Gasteiger partial charge in [-0.05, 0) is 94.4 Å². The summed E-state index contributed by atoms with van der Waals surface area (Å²) >= 11 is 0. The smallest absolute Gasteiger partial charge is 0.411 e. The van der Waals surface area contributed by atoms with E-state index in [4.69, 9.17) is 14.2 Å². The first-order valence-electron chi connectivity index (χ1n) is 13.6. The maximum absolute atomic E-state index is 13.3. The maximum Gasteiger partial charge on any atom is 0.411 e. The molecule has 1 heterocycles. The molecule has 7 nitrogen and oxygen atoms in total. The Bertz CT molecular complexity index is 988. The van der Waals surface area contributed by atoms with E-state index in [1.807, 2.05) is 12.1 Å². The highest BCUT2D eigenvalue weighted by molar-refractivity contribution is 6.00. The van der Waals surface area contributed by atoms with Crippen LogP contribution in [0.15, 0.2) is 12.1 Å². The highest BCUT2D eigenvalue weighted by atomic mass is 16.6. The third-order valence-corrected chi connectivity index (χ3v) is 7.71. The van der Waals surface area contributed by atoms with Crippen molar-refractivity contribution in [1.82, 2.24) is 4.90 Å². The molecule has 1 aliphatic heterocycles. The molecule has 0 N–H and O–H groups in total. The summed E-state index contributed by atoms with van der Waals surface area (Å²) in [5, 5.41) is 0. The minimum absolute atomic E-state index is 0.198. The Hall–Kier alpha value is -2.57. The first kappa shape index (κ1) is 26.5. The number of carbonyl (C=O) groups excluding carboxylic acids is 3. The van der Waals surface area contributed by atoms with Gasteiger partial charge in [0.25, 0.3) is 0 Å². The van der Waals surface area contributed by atoms with Gasteiger partial charge in [-0.15, -0.1) is 0 Å². The molecule has 1 aromatic carbocycles. The molecule has 1 atom stereocenters. The van der Waals surface area contributed by atoms with E-state index in [0.717, 1.165) is 42.6 Å². The second-order valence-electron chi connectivity index (χ2n) is 11.7. The van der Waals surface area contributed by atoms with Crippen molar-refractivity contribution in [2.75, 3.05) is 19.8 Å². The number of Topliss-reactive ketones (excluding diaryl/α,β-unsaturated/α-hetero) is 1. The van der Waals surface area contributed by atoms with Crippen LogP contribution in [0.4, 0.5) is 4.79 Å². The Morgan fingerprint density at radius 2 is 1.78 bits per heavy atom. The van der Waals surface area contributed by atoms with Crippen molar-refractivity contribution in [3.63, 3.8) is 0 Å². The van der Waals surface area contributed by atoms with E-state index in [0.29, 0.717) is 31.6 Å². The second kappa shape index (κ2) is 10.8. The van der Waals surface area contributed by atoms with Gasteiger partial charge in [0.1, 0.15) is 17.4 Å². The van der Waals surface area contributed by atoms with Crippen LogP contribution in [0.1, 0.15) is 101 Å². The normalized spacial score (nSPS) is 20.4. The van der Waals surface area contributed by atoms with Gasteiger partial charge in [0.2, 0.25) is 5.78 Å². The van der Waals surface area contributed by atoms with Crippen molar-refractivity contribution in [3.05, 3.63) is 28.8 Å². The zero-order valence-corrected chi connectivity index (χ0v) is 22.3. The summed E-state index contributed by atoms with van der Waals surface area (Å²) in [6.07, 6.45) is 9.42. The fraction of sp³-hybridized carbons (Fsp3) is 0.690. The van der Waals surface area contributed by atoms with Crippen LogP contribution in [0.3, 0.4) is 0 Å². The molecule has 0 radical (unpaired) electrons. The SMILES string of the molecule is CCCCOc1ccc(C(=O)COC(=O)[C@@H]2CCCN2C(=O)OC(C)(C)C)c2c1CC1(CCCC1)C2. The molecule has 0 bridgehead atoms. The number of rotatable bonds is 8. The molecule has 2 fully saturated rings. The van der Waals surface area contributed by atoms with Crippen LogP contribution in [0.5, 0.6) is 5.75 Å². The van der Waals surface area contributed by atoms with Gasteiger partial charge in [0.05, 0.1) is 6.61 Å². The van der Waals surface area contributed by atoms with Gasteiger partial charge in [-0.3, -0.25) is 9.69 Å². The average molecular weight is 500 g/mol. The molecule has 198 valence electrons. The first-order chi connectivity index (χ1) is 17.1. The Morgan fingerprint density at radius 1 is 1.06 bits per heavy atom. The number of likely N-dealkylation sites (tertiary alicyclic amines) is 1. The van der Waals surface area contributed by atoms with E-state index in [9.17, 15) is 14.4 Å². The molecule has 2 aliphatic carbocycles. The number of hydrogen-bond acceptors (Lipinski definition) is 6. The molecule has 0 unspecified atom stereocenters. The molecule has 1 aromatic rings. The highest BCUT2D eigenvalue weighted by Crippen LogP contribution is 2.51. The summed E-state index contributed by atoms with van der Waals surface area (Å²) in [6.45, 7) is 8.31. The summed E-state index contributed by atoms with van der Waals surface area (Å²) < 4.78 is 17.0.